The molecule has 7 heteroatoms. The van der Waals surface area contributed by atoms with Gasteiger partial charge >= 0.3 is 5.69 Å². The molecule has 5 rings (SSSR count). The normalized spacial score (nSPS) is 16.0. The second kappa shape index (κ2) is 7.23. The zero-order valence-corrected chi connectivity index (χ0v) is 17.0. The number of H-pyrrole nitrogens is 1. The average molecular weight is 404 g/mol. The Morgan fingerprint density at radius 2 is 2.03 bits per heavy atom. The van der Waals surface area contributed by atoms with Gasteiger partial charge in [-0.1, -0.05) is 25.1 Å². The van der Waals surface area contributed by atoms with E-state index in [1.807, 2.05) is 31.2 Å². The van der Waals surface area contributed by atoms with E-state index in [1.54, 1.807) is 11.0 Å². The maximum absolute atomic E-state index is 13.7. The minimum absolute atomic E-state index is 0.205. The lowest BCUT2D eigenvalue weighted by molar-refractivity contribution is 0.0986. The number of anilines is 1. The van der Waals surface area contributed by atoms with Crippen LogP contribution >= 0.6 is 0 Å². The van der Waals surface area contributed by atoms with Crippen LogP contribution in [0.25, 0.3) is 11.0 Å². The third-order valence-corrected chi connectivity index (χ3v) is 6.00. The van der Waals surface area contributed by atoms with Crippen LogP contribution in [0, 0.1) is 0 Å². The summed E-state index contributed by atoms with van der Waals surface area (Å²) in [6.45, 7) is 3.00. The standard InChI is InChI=1S/C23H24N4O3/c1-2-11-27-20-19(21(28)25-23(27)30)16(13-17(24-20)14-9-10-14)22(29)26-12-5-7-15-6-3-4-8-18(15)26/h3-4,6,8,13-14H,2,5,7,9-12H2,1H3,(H,25,28,30). The van der Waals surface area contributed by atoms with Crippen LogP contribution in [-0.4, -0.2) is 27.0 Å². The monoisotopic (exact) mass is 404 g/mol. The molecule has 7 nitrogen and oxygen atoms in total. The molecule has 0 saturated heterocycles. The van der Waals surface area contributed by atoms with Crippen molar-refractivity contribution in [2.24, 2.45) is 0 Å². The van der Waals surface area contributed by atoms with Crippen molar-refractivity contribution < 1.29 is 4.79 Å². The Bertz CT molecular complexity index is 1270. The number of aryl methyl sites for hydroxylation is 2. The van der Waals surface area contributed by atoms with Gasteiger partial charge < -0.3 is 4.90 Å². The number of carbonyl (C=O) groups excluding carboxylic acids is 1. The van der Waals surface area contributed by atoms with Crippen molar-refractivity contribution in [1.82, 2.24) is 14.5 Å². The minimum atomic E-state index is -0.550. The van der Waals surface area contributed by atoms with Crippen LogP contribution in [0.15, 0.2) is 39.9 Å². The number of para-hydroxylation sites is 1. The van der Waals surface area contributed by atoms with Gasteiger partial charge in [-0.25, -0.2) is 9.78 Å². The number of hydrogen-bond donors (Lipinski definition) is 1. The number of benzene rings is 1. The number of rotatable bonds is 4. The summed E-state index contributed by atoms with van der Waals surface area (Å²) in [5.41, 5.74) is 2.46. The molecule has 1 amide bonds. The van der Waals surface area contributed by atoms with Crippen LogP contribution in [0.1, 0.15) is 60.1 Å². The van der Waals surface area contributed by atoms with E-state index in [0.29, 0.717) is 30.2 Å². The van der Waals surface area contributed by atoms with Crippen LogP contribution in [0.2, 0.25) is 0 Å². The van der Waals surface area contributed by atoms with Crippen molar-refractivity contribution in [3.8, 4) is 0 Å². The number of aromatic nitrogens is 3. The predicted octanol–water partition coefficient (Wildman–Crippen LogP) is 2.97. The van der Waals surface area contributed by atoms with Crippen LogP contribution in [-0.2, 0) is 13.0 Å². The maximum Gasteiger partial charge on any atom is 0.329 e. The highest BCUT2D eigenvalue weighted by atomic mass is 16.2. The summed E-state index contributed by atoms with van der Waals surface area (Å²) in [5.74, 6) is 0.0858. The smallest absolute Gasteiger partial charge is 0.308 e. The van der Waals surface area contributed by atoms with Crippen molar-refractivity contribution in [2.75, 3.05) is 11.4 Å². The molecule has 1 aliphatic heterocycles. The van der Waals surface area contributed by atoms with Crippen molar-refractivity contribution >= 4 is 22.6 Å². The summed E-state index contributed by atoms with van der Waals surface area (Å²) in [6, 6.07) is 9.68. The molecule has 2 aliphatic rings. The molecule has 0 spiro atoms. The zero-order valence-electron chi connectivity index (χ0n) is 17.0. The summed E-state index contributed by atoms with van der Waals surface area (Å²) in [5, 5.41) is 0.209. The highest BCUT2D eigenvalue weighted by molar-refractivity contribution is 6.13. The van der Waals surface area contributed by atoms with Gasteiger partial charge in [-0.2, -0.15) is 0 Å². The summed E-state index contributed by atoms with van der Waals surface area (Å²) < 4.78 is 1.49. The van der Waals surface area contributed by atoms with Gasteiger partial charge in [0.05, 0.1) is 10.9 Å². The number of carbonyl (C=O) groups is 1. The SMILES string of the molecule is CCCn1c(=O)[nH]c(=O)c2c(C(=O)N3CCCc4ccccc43)cc(C3CC3)nc21. The van der Waals surface area contributed by atoms with Crippen LogP contribution < -0.4 is 16.1 Å². The molecule has 3 heterocycles. The van der Waals surface area contributed by atoms with Crippen LogP contribution in [0.4, 0.5) is 5.69 Å². The number of aromatic amines is 1. The molecule has 1 fully saturated rings. The molecule has 0 unspecified atom stereocenters. The Morgan fingerprint density at radius 3 is 2.80 bits per heavy atom. The second-order valence-corrected chi connectivity index (χ2v) is 8.17. The van der Waals surface area contributed by atoms with Crippen molar-refractivity contribution in [3.05, 3.63) is 68.0 Å². The predicted molar refractivity (Wildman–Crippen MR) is 115 cm³/mol. The fraction of sp³-hybridized carbons (Fsp3) is 0.391. The quantitative estimate of drug-likeness (QED) is 0.724. The molecule has 3 aromatic rings. The summed E-state index contributed by atoms with van der Waals surface area (Å²) in [4.78, 5) is 47.9. The highest BCUT2D eigenvalue weighted by Crippen LogP contribution is 2.40. The number of nitrogens with zero attached hydrogens (tertiary/aromatic N) is 3. The van der Waals surface area contributed by atoms with Crippen molar-refractivity contribution in [1.29, 1.82) is 0 Å². The average Bonchev–Trinajstić information content (AvgIpc) is 3.60. The maximum atomic E-state index is 13.7. The van der Waals surface area contributed by atoms with Crippen LogP contribution in [0.3, 0.4) is 0 Å². The van der Waals surface area contributed by atoms with Gasteiger partial charge in [-0.05, 0) is 49.8 Å². The molecule has 30 heavy (non-hydrogen) atoms. The largest absolute Gasteiger partial charge is 0.329 e. The topological polar surface area (TPSA) is 88.1 Å². The van der Waals surface area contributed by atoms with E-state index in [4.69, 9.17) is 0 Å². The van der Waals surface area contributed by atoms with Gasteiger partial charge in [0, 0.05) is 30.4 Å². The van der Waals surface area contributed by atoms with E-state index in [0.717, 1.165) is 49.0 Å². The Morgan fingerprint density at radius 1 is 1.23 bits per heavy atom. The summed E-state index contributed by atoms with van der Waals surface area (Å²) >= 11 is 0. The van der Waals surface area contributed by atoms with E-state index in [-0.39, 0.29) is 11.3 Å². The molecule has 1 N–H and O–H groups in total. The zero-order chi connectivity index (χ0) is 20.8. The fourth-order valence-electron chi connectivity index (χ4n) is 4.37. The van der Waals surface area contributed by atoms with E-state index < -0.39 is 11.2 Å². The Labute approximate surface area is 173 Å². The first-order valence-electron chi connectivity index (χ1n) is 10.7. The number of nitrogens with one attached hydrogen (secondary N) is 1. The molecule has 0 radical (unpaired) electrons. The third kappa shape index (κ3) is 3.05. The molecule has 2 aromatic heterocycles. The van der Waals surface area contributed by atoms with Crippen LogP contribution in [0.5, 0.6) is 0 Å². The Balaban J connectivity index is 1.75. The van der Waals surface area contributed by atoms with E-state index in [1.165, 1.54) is 4.57 Å². The molecule has 1 saturated carbocycles. The molecular formula is C23H24N4O3. The van der Waals surface area contributed by atoms with Gasteiger partial charge in [0.2, 0.25) is 0 Å². The summed E-state index contributed by atoms with van der Waals surface area (Å²) in [7, 11) is 0. The lowest BCUT2D eigenvalue weighted by Crippen LogP contribution is -2.37. The molecule has 0 bridgehead atoms. The molecular weight excluding hydrogens is 380 g/mol. The van der Waals surface area contributed by atoms with Gasteiger partial charge in [-0.15, -0.1) is 0 Å². The van der Waals surface area contributed by atoms with E-state index >= 15 is 0 Å². The van der Waals surface area contributed by atoms with Gasteiger partial charge in [0.1, 0.15) is 0 Å². The lowest BCUT2D eigenvalue weighted by atomic mass is 10.00. The van der Waals surface area contributed by atoms with E-state index in [9.17, 15) is 14.4 Å². The molecule has 0 atom stereocenters. The fourth-order valence-corrected chi connectivity index (χ4v) is 4.37. The third-order valence-electron chi connectivity index (χ3n) is 6.00. The number of hydrogen-bond acceptors (Lipinski definition) is 4. The number of amides is 1. The first-order chi connectivity index (χ1) is 14.6. The minimum Gasteiger partial charge on any atom is -0.308 e. The Kier molecular flexibility index (Phi) is 4.53. The van der Waals surface area contributed by atoms with Crippen molar-refractivity contribution in [3.63, 3.8) is 0 Å². The van der Waals surface area contributed by atoms with Gasteiger partial charge in [0.25, 0.3) is 11.5 Å². The molecule has 1 aromatic carbocycles. The van der Waals surface area contributed by atoms with Crippen molar-refractivity contribution in [2.45, 2.75) is 51.5 Å². The number of fused-ring (bicyclic) bond motifs is 2. The molecule has 1 aliphatic carbocycles. The lowest BCUT2D eigenvalue weighted by Gasteiger charge is -2.30. The highest BCUT2D eigenvalue weighted by Gasteiger charge is 2.31. The first-order valence-corrected chi connectivity index (χ1v) is 10.7. The van der Waals surface area contributed by atoms with Gasteiger partial charge in [-0.3, -0.25) is 19.1 Å². The first kappa shape index (κ1) is 18.8. The Hall–Kier alpha value is -3.22. The van der Waals surface area contributed by atoms with E-state index in [2.05, 4.69) is 9.97 Å². The van der Waals surface area contributed by atoms with Gasteiger partial charge in [0.15, 0.2) is 5.65 Å². The second-order valence-electron chi connectivity index (χ2n) is 8.17. The number of pyridine rings is 1. The summed E-state index contributed by atoms with van der Waals surface area (Å²) in [6.07, 6.45) is 4.55. The molecule has 154 valence electrons.